The summed E-state index contributed by atoms with van der Waals surface area (Å²) < 4.78 is 31.8. The number of alkyl halides is 2. The summed E-state index contributed by atoms with van der Waals surface area (Å²) in [6.07, 6.45) is -0.604. The third-order valence-electron chi connectivity index (χ3n) is 3.23. The summed E-state index contributed by atoms with van der Waals surface area (Å²) in [5.74, 6) is -2.53. The number of carbonyl (C=O) groups excluding carboxylic acids is 1. The number of hydrogen-bond donors (Lipinski definition) is 0. The number of piperidine rings is 1. The number of amides is 1. The Hall–Kier alpha value is -0.880. The van der Waals surface area contributed by atoms with Crippen molar-refractivity contribution in [2.45, 2.75) is 18.8 Å². The molecule has 7 heteroatoms. The number of nitrogens with zero attached hydrogens (tertiary/aromatic N) is 1. The van der Waals surface area contributed by atoms with Gasteiger partial charge >= 0.3 is 0 Å². The number of benzene rings is 1. The van der Waals surface area contributed by atoms with Crippen molar-refractivity contribution in [2.24, 2.45) is 0 Å². The van der Waals surface area contributed by atoms with Crippen LogP contribution in [0.5, 0.6) is 5.75 Å². The summed E-state index contributed by atoms with van der Waals surface area (Å²) in [5.41, 5.74) is 0.355. The van der Waals surface area contributed by atoms with Crippen LogP contribution in [-0.2, 0) is 0 Å². The van der Waals surface area contributed by atoms with Gasteiger partial charge in [0.05, 0.1) is 16.6 Å². The number of likely N-dealkylation sites (tertiary alicyclic amines) is 1. The molecule has 1 saturated heterocycles. The summed E-state index contributed by atoms with van der Waals surface area (Å²) in [7, 11) is 1.47. The summed E-state index contributed by atoms with van der Waals surface area (Å²) >= 11 is 9.29. The van der Waals surface area contributed by atoms with E-state index in [1.807, 2.05) is 0 Å². The number of methoxy groups -OCH3 is 1. The van der Waals surface area contributed by atoms with Gasteiger partial charge in [-0.1, -0.05) is 11.6 Å². The predicted molar refractivity (Wildman–Crippen MR) is 75.8 cm³/mol. The van der Waals surface area contributed by atoms with Gasteiger partial charge in [0.2, 0.25) is 0 Å². The van der Waals surface area contributed by atoms with E-state index < -0.39 is 5.92 Å². The van der Waals surface area contributed by atoms with Crippen molar-refractivity contribution < 1.29 is 18.3 Å². The average molecular weight is 369 g/mol. The SMILES string of the molecule is COc1c(Cl)cc(C(=O)N2CCC(F)(F)CC2)cc1Br. The van der Waals surface area contributed by atoms with Gasteiger partial charge in [-0.3, -0.25) is 4.79 Å². The molecular weight excluding hydrogens is 356 g/mol. The van der Waals surface area contributed by atoms with Gasteiger partial charge in [0.25, 0.3) is 11.8 Å². The first-order chi connectivity index (χ1) is 9.34. The molecule has 0 N–H and O–H groups in total. The summed E-state index contributed by atoms with van der Waals surface area (Å²) in [6, 6.07) is 3.07. The molecule has 0 aliphatic carbocycles. The third kappa shape index (κ3) is 3.23. The smallest absolute Gasteiger partial charge is 0.253 e. The number of rotatable bonds is 2. The van der Waals surface area contributed by atoms with E-state index in [4.69, 9.17) is 16.3 Å². The van der Waals surface area contributed by atoms with Crippen LogP contribution in [0, 0.1) is 0 Å². The van der Waals surface area contributed by atoms with E-state index in [0.717, 1.165) is 0 Å². The lowest BCUT2D eigenvalue weighted by molar-refractivity contribution is -0.0494. The molecule has 1 aromatic carbocycles. The van der Waals surface area contributed by atoms with Gasteiger partial charge in [-0.2, -0.15) is 0 Å². The lowest BCUT2D eigenvalue weighted by Gasteiger charge is -2.31. The Kier molecular flexibility index (Phi) is 4.54. The Morgan fingerprint density at radius 2 is 2.00 bits per heavy atom. The molecule has 1 aliphatic heterocycles. The Bertz CT molecular complexity index is 506. The van der Waals surface area contributed by atoms with E-state index in [9.17, 15) is 13.6 Å². The predicted octanol–water partition coefficient (Wildman–Crippen LogP) is 3.98. The van der Waals surface area contributed by atoms with Gasteiger partial charge in [-0.15, -0.1) is 0 Å². The molecule has 0 aromatic heterocycles. The molecule has 1 heterocycles. The normalized spacial score (nSPS) is 17.9. The van der Waals surface area contributed by atoms with Crippen LogP contribution in [0.2, 0.25) is 5.02 Å². The molecule has 0 radical (unpaired) electrons. The van der Waals surface area contributed by atoms with Gasteiger partial charge in [-0.05, 0) is 28.1 Å². The van der Waals surface area contributed by atoms with Crippen molar-refractivity contribution in [1.29, 1.82) is 0 Å². The van der Waals surface area contributed by atoms with Crippen molar-refractivity contribution >= 4 is 33.4 Å². The monoisotopic (exact) mass is 367 g/mol. The molecule has 2 rings (SSSR count). The highest BCUT2D eigenvalue weighted by Crippen LogP contribution is 2.35. The second-order valence-corrected chi connectivity index (χ2v) is 5.88. The van der Waals surface area contributed by atoms with Gasteiger partial charge in [0.15, 0.2) is 5.75 Å². The molecular formula is C13H13BrClF2NO2. The fraction of sp³-hybridized carbons (Fsp3) is 0.462. The van der Waals surface area contributed by atoms with E-state index in [-0.39, 0.29) is 31.8 Å². The second kappa shape index (κ2) is 5.85. The summed E-state index contributed by atoms with van der Waals surface area (Å²) in [6.45, 7) is 0.0974. The number of hydrogen-bond acceptors (Lipinski definition) is 2. The number of ether oxygens (including phenoxy) is 1. The maximum absolute atomic E-state index is 13.1. The average Bonchev–Trinajstić information content (AvgIpc) is 2.37. The number of carbonyl (C=O) groups is 1. The largest absolute Gasteiger partial charge is 0.494 e. The van der Waals surface area contributed by atoms with E-state index in [1.165, 1.54) is 18.1 Å². The van der Waals surface area contributed by atoms with Crippen LogP contribution >= 0.6 is 27.5 Å². The molecule has 20 heavy (non-hydrogen) atoms. The van der Waals surface area contributed by atoms with E-state index in [2.05, 4.69) is 15.9 Å². The highest BCUT2D eigenvalue weighted by molar-refractivity contribution is 9.10. The van der Waals surface area contributed by atoms with E-state index in [0.29, 0.717) is 20.8 Å². The van der Waals surface area contributed by atoms with E-state index >= 15 is 0 Å². The minimum absolute atomic E-state index is 0.0487. The molecule has 1 aliphatic rings. The molecule has 0 unspecified atom stereocenters. The molecule has 3 nitrogen and oxygen atoms in total. The minimum Gasteiger partial charge on any atom is -0.494 e. The molecule has 0 saturated carbocycles. The van der Waals surface area contributed by atoms with Crippen LogP contribution in [0.15, 0.2) is 16.6 Å². The molecule has 1 fully saturated rings. The Labute approximate surface area is 129 Å². The lowest BCUT2D eigenvalue weighted by atomic mass is 10.1. The van der Waals surface area contributed by atoms with Gasteiger partial charge < -0.3 is 9.64 Å². The highest BCUT2D eigenvalue weighted by Gasteiger charge is 2.35. The Morgan fingerprint density at radius 1 is 1.40 bits per heavy atom. The first kappa shape index (κ1) is 15.5. The maximum Gasteiger partial charge on any atom is 0.253 e. The topological polar surface area (TPSA) is 29.5 Å². The standard InChI is InChI=1S/C13H13BrClF2NO2/c1-20-11-9(14)6-8(7-10(11)15)12(19)18-4-2-13(16,17)3-5-18/h6-7H,2-5H2,1H3. The van der Waals surface area contributed by atoms with Crippen LogP contribution in [0.1, 0.15) is 23.2 Å². The fourth-order valence-corrected chi connectivity index (χ4v) is 3.13. The molecule has 0 bridgehead atoms. The Balaban J connectivity index is 2.18. The molecule has 1 aromatic rings. The fourth-order valence-electron chi connectivity index (χ4n) is 2.10. The van der Waals surface area contributed by atoms with Crippen LogP contribution in [0.3, 0.4) is 0 Å². The molecule has 110 valence electrons. The van der Waals surface area contributed by atoms with Crippen LogP contribution in [0.25, 0.3) is 0 Å². The highest BCUT2D eigenvalue weighted by atomic mass is 79.9. The lowest BCUT2D eigenvalue weighted by Crippen LogP contribution is -2.42. The number of halogens is 4. The van der Waals surface area contributed by atoms with Crippen molar-refractivity contribution in [2.75, 3.05) is 20.2 Å². The molecule has 0 spiro atoms. The quantitative estimate of drug-likeness (QED) is 0.790. The summed E-state index contributed by atoms with van der Waals surface area (Å²) in [4.78, 5) is 13.7. The van der Waals surface area contributed by atoms with E-state index in [1.54, 1.807) is 6.07 Å². The third-order valence-corrected chi connectivity index (χ3v) is 4.10. The zero-order chi connectivity index (χ0) is 14.9. The van der Waals surface area contributed by atoms with Gasteiger partial charge in [0, 0.05) is 31.5 Å². The summed E-state index contributed by atoms with van der Waals surface area (Å²) in [5, 5.41) is 0.299. The minimum atomic E-state index is -2.67. The second-order valence-electron chi connectivity index (χ2n) is 4.62. The maximum atomic E-state index is 13.1. The van der Waals surface area contributed by atoms with Crippen molar-refractivity contribution in [3.63, 3.8) is 0 Å². The van der Waals surface area contributed by atoms with Crippen LogP contribution in [-0.4, -0.2) is 36.9 Å². The van der Waals surface area contributed by atoms with Crippen LogP contribution < -0.4 is 4.74 Å². The van der Waals surface area contributed by atoms with Crippen LogP contribution in [0.4, 0.5) is 8.78 Å². The van der Waals surface area contributed by atoms with Crippen molar-refractivity contribution in [3.05, 3.63) is 27.2 Å². The van der Waals surface area contributed by atoms with Crippen molar-refractivity contribution in [3.8, 4) is 5.75 Å². The molecule has 1 amide bonds. The molecule has 0 atom stereocenters. The zero-order valence-corrected chi connectivity index (χ0v) is 13.1. The van der Waals surface area contributed by atoms with Gasteiger partial charge in [-0.25, -0.2) is 8.78 Å². The first-order valence-corrected chi connectivity index (χ1v) is 7.21. The van der Waals surface area contributed by atoms with Crippen molar-refractivity contribution in [1.82, 2.24) is 4.90 Å². The zero-order valence-electron chi connectivity index (χ0n) is 10.8. The first-order valence-electron chi connectivity index (χ1n) is 6.04. The van der Waals surface area contributed by atoms with Gasteiger partial charge in [0.1, 0.15) is 0 Å². The Morgan fingerprint density at radius 3 is 2.50 bits per heavy atom.